The van der Waals surface area contributed by atoms with E-state index in [2.05, 4.69) is 69.4 Å². The molecule has 0 aromatic carbocycles. The minimum absolute atomic E-state index is 0.104. The van der Waals surface area contributed by atoms with Crippen molar-refractivity contribution in [3.8, 4) is 0 Å². The smallest absolute Gasteiger partial charge is 0.309 e. The molecule has 0 bridgehead atoms. The van der Waals surface area contributed by atoms with Gasteiger partial charge in [0.15, 0.2) is 6.10 Å². The van der Waals surface area contributed by atoms with Crippen molar-refractivity contribution in [3.05, 3.63) is 60.8 Å². The van der Waals surface area contributed by atoms with Gasteiger partial charge in [-0.05, 0) is 44.9 Å². The number of carbonyl (C=O) groups excluding carboxylic acids is 3. The van der Waals surface area contributed by atoms with Crippen LogP contribution in [0.25, 0.3) is 0 Å². The van der Waals surface area contributed by atoms with E-state index in [4.69, 9.17) is 14.2 Å². The number of carbonyl (C=O) groups is 3. The van der Waals surface area contributed by atoms with Crippen molar-refractivity contribution < 1.29 is 28.6 Å². The Morgan fingerprint density at radius 1 is 0.429 bits per heavy atom. The third kappa shape index (κ3) is 36.2. The average molecular weight is 685 g/mol. The quantitative estimate of drug-likeness (QED) is 0.0290. The summed E-state index contributed by atoms with van der Waals surface area (Å²) in [5.74, 6) is -1.06. The van der Waals surface area contributed by atoms with E-state index in [1.807, 2.05) is 6.08 Å². The number of unbranched alkanes of at least 4 members (excludes halogenated alkanes) is 14. The van der Waals surface area contributed by atoms with Gasteiger partial charge in [-0.1, -0.05) is 171 Å². The molecule has 0 aromatic heterocycles. The van der Waals surface area contributed by atoms with E-state index < -0.39 is 12.1 Å². The standard InChI is InChI=1S/C43H72O6/c1-4-7-10-13-16-18-20-21-22-23-24-26-27-30-33-36-42(45)48-39-40(38-47-41(44)35-32-29-15-12-9-6-3)49-43(46)37-34-31-28-25-19-17-14-11-8-5-2/h7,10,16,18,21-22,24,26,30,33,40H,4-6,8-9,11-15,17,19-20,23,25,27-29,31-32,34-39H2,1-3H3/b10-7-,18-16-,22-21-,26-24-,33-30-. The molecule has 6 nitrogen and oxygen atoms in total. The lowest BCUT2D eigenvalue weighted by Crippen LogP contribution is -2.30. The van der Waals surface area contributed by atoms with Crippen LogP contribution in [0.2, 0.25) is 0 Å². The number of esters is 3. The van der Waals surface area contributed by atoms with Gasteiger partial charge in [0.1, 0.15) is 13.2 Å². The summed E-state index contributed by atoms with van der Waals surface area (Å²) in [6.45, 7) is 6.32. The summed E-state index contributed by atoms with van der Waals surface area (Å²) in [4.78, 5) is 37.2. The highest BCUT2D eigenvalue weighted by molar-refractivity contribution is 5.72. The van der Waals surface area contributed by atoms with Crippen molar-refractivity contribution >= 4 is 17.9 Å². The van der Waals surface area contributed by atoms with Crippen LogP contribution in [-0.4, -0.2) is 37.2 Å². The predicted octanol–water partition coefficient (Wildman–Crippen LogP) is 12.2. The summed E-state index contributed by atoms with van der Waals surface area (Å²) in [6, 6.07) is 0. The Morgan fingerprint density at radius 3 is 1.24 bits per heavy atom. The van der Waals surface area contributed by atoms with Gasteiger partial charge >= 0.3 is 17.9 Å². The molecule has 0 rings (SSSR count). The van der Waals surface area contributed by atoms with Gasteiger partial charge in [0, 0.05) is 12.8 Å². The Hall–Kier alpha value is -2.89. The van der Waals surface area contributed by atoms with E-state index in [-0.39, 0.29) is 31.6 Å². The van der Waals surface area contributed by atoms with Crippen LogP contribution in [-0.2, 0) is 28.6 Å². The van der Waals surface area contributed by atoms with Crippen LogP contribution >= 0.6 is 0 Å². The van der Waals surface area contributed by atoms with Crippen LogP contribution in [0.1, 0.15) is 175 Å². The third-order valence-electron chi connectivity index (χ3n) is 8.07. The van der Waals surface area contributed by atoms with Gasteiger partial charge in [0.2, 0.25) is 0 Å². The Balaban J connectivity index is 4.46. The van der Waals surface area contributed by atoms with Crippen molar-refractivity contribution in [3.63, 3.8) is 0 Å². The van der Waals surface area contributed by atoms with Crippen LogP contribution < -0.4 is 0 Å². The van der Waals surface area contributed by atoms with Gasteiger partial charge < -0.3 is 14.2 Å². The van der Waals surface area contributed by atoms with Crippen molar-refractivity contribution in [1.82, 2.24) is 0 Å². The normalized spacial score (nSPS) is 12.6. The van der Waals surface area contributed by atoms with Gasteiger partial charge in [-0.25, -0.2) is 0 Å². The fourth-order valence-corrected chi connectivity index (χ4v) is 5.10. The van der Waals surface area contributed by atoms with E-state index in [0.29, 0.717) is 12.8 Å². The first-order valence-corrected chi connectivity index (χ1v) is 19.8. The molecule has 0 aliphatic carbocycles. The van der Waals surface area contributed by atoms with Gasteiger partial charge in [0.25, 0.3) is 0 Å². The second-order valence-electron chi connectivity index (χ2n) is 12.8. The van der Waals surface area contributed by atoms with Gasteiger partial charge in [-0.15, -0.1) is 0 Å². The van der Waals surface area contributed by atoms with Crippen molar-refractivity contribution in [2.75, 3.05) is 13.2 Å². The highest BCUT2D eigenvalue weighted by Gasteiger charge is 2.19. The number of hydrogen-bond acceptors (Lipinski definition) is 6. The molecule has 1 atom stereocenters. The summed E-state index contributed by atoms with van der Waals surface area (Å²) < 4.78 is 16.4. The van der Waals surface area contributed by atoms with E-state index in [1.165, 1.54) is 64.2 Å². The molecule has 0 heterocycles. The highest BCUT2D eigenvalue weighted by atomic mass is 16.6. The zero-order valence-electron chi connectivity index (χ0n) is 31.7. The molecule has 0 radical (unpaired) electrons. The summed E-state index contributed by atoms with van der Waals surface area (Å²) in [5.41, 5.74) is 0. The molecule has 0 amide bonds. The topological polar surface area (TPSA) is 78.9 Å². The van der Waals surface area contributed by atoms with Crippen molar-refractivity contribution in [1.29, 1.82) is 0 Å². The molecule has 0 saturated carbocycles. The van der Waals surface area contributed by atoms with Gasteiger partial charge in [-0.2, -0.15) is 0 Å². The van der Waals surface area contributed by atoms with E-state index >= 15 is 0 Å². The lowest BCUT2D eigenvalue weighted by atomic mass is 10.1. The average Bonchev–Trinajstić information content (AvgIpc) is 3.10. The van der Waals surface area contributed by atoms with Crippen molar-refractivity contribution in [2.24, 2.45) is 0 Å². The largest absolute Gasteiger partial charge is 0.462 e. The summed E-state index contributed by atoms with van der Waals surface area (Å²) >= 11 is 0. The number of allylic oxidation sites excluding steroid dienone is 9. The van der Waals surface area contributed by atoms with Crippen molar-refractivity contribution in [2.45, 2.75) is 181 Å². The third-order valence-corrected chi connectivity index (χ3v) is 8.07. The van der Waals surface area contributed by atoms with E-state index in [9.17, 15) is 14.4 Å². The molecule has 0 spiro atoms. The fraction of sp³-hybridized carbons (Fsp3) is 0.698. The maximum absolute atomic E-state index is 12.6. The zero-order chi connectivity index (χ0) is 35.9. The van der Waals surface area contributed by atoms with Gasteiger partial charge in [0.05, 0.1) is 6.42 Å². The Bertz CT molecular complexity index is 929. The molecule has 280 valence electrons. The van der Waals surface area contributed by atoms with Crippen LogP contribution in [0.15, 0.2) is 60.8 Å². The lowest BCUT2D eigenvalue weighted by Gasteiger charge is -2.18. The minimum Gasteiger partial charge on any atom is -0.462 e. The van der Waals surface area contributed by atoms with Crippen LogP contribution in [0.4, 0.5) is 0 Å². The van der Waals surface area contributed by atoms with Gasteiger partial charge in [-0.3, -0.25) is 14.4 Å². The minimum atomic E-state index is -0.804. The molecule has 6 heteroatoms. The predicted molar refractivity (Wildman–Crippen MR) is 205 cm³/mol. The summed E-state index contributed by atoms with van der Waals surface area (Å²) in [5, 5.41) is 0. The molecular weight excluding hydrogens is 612 g/mol. The van der Waals surface area contributed by atoms with E-state index in [0.717, 1.165) is 70.6 Å². The number of rotatable bonds is 34. The molecule has 1 unspecified atom stereocenters. The molecule has 0 aliphatic rings. The molecule has 49 heavy (non-hydrogen) atoms. The summed E-state index contributed by atoms with van der Waals surface area (Å²) in [6.07, 6.45) is 43.9. The van der Waals surface area contributed by atoms with Crippen LogP contribution in [0, 0.1) is 0 Å². The molecular formula is C43H72O6. The van der Waals surface area contributed by atoms with Crippen LogP contribution in [0.5, 0.6) is 0 Å². The second-order valence-corrected chi connectivity index (χ2v) is 12.8. The first-order valence-electron chi connectivity index (χ1n) is 19.8. The summed E-state index contributed by atoms with van der Waals surface area (Å²) in [7, 11) is 0. The second kappa shape index (κ2) is 37.9. The van der Waals surface area contributed by atoms with Crippen LogP contribution in [0.3, 0.4) is 0 Å². The molecule has 0 aliphatic heterocycles. The Morgan fingerprint density at radius 2 is 0.796 bits per heavy atom. The maximum Gasteiger partial charge on any atom is 0.309 e. The fourth-order valence-electron chi connectivity index (χ4n) is 5.10. The number of hydrogen-bond donors (Lipinski definition) is 0. The SMILES string of the molecule is CC/C=C\C/C=C\C/C=C\C/C=C\C/C=C\CC(=O)OCC(COC(=O)CCCCCCCC)OC(=O)CCCCCCCCCCCC. The molecule has 0 fully saturated rings. The zero-order valence-corrected chi connectivity index (χ0v) is 31.7. The monoisotopic (exact) mass is 685 g/mol. The first kappa shape index (κ1) is 46.1. The highest BCUT2D eigenvalue weighted by Crippen LogP contribution is 2.13. The maximum atomic E-state index is 12.6. The molecule has 0 N–H and O–H groups in total. The number of ether oxygens (including phenoxy) is 3. The lowest BCUT2D eigenvalue weighted by molar-refractivity contribution is -0.166. The van der Waals surface area contributed by atoms with E-state index in [1.54, 1.807) is 6.08 Å². The molecule has 0 aromatic rings. The Labute approximate surface area is 300 Å². The first-order chi connectivity index (χ1) is 24.0. The molecule has 0 saturated heterocycles. The Kier molecular flexibility index (Phi) is 35.7.